The van der Waals surface area contributed by atoms with Crippen molar-refractivity contribution in [2.24, 2.45) is 0 Å². The number of benzene rings is 2. The number of phenols is 1. The molecule has 0 spiro atoms. The standard InChI is InChI=1S/C14H11ClN2O4/c1-8-2-3-9(6-13(8)18)16-14(19)11-7-10(17(20)21)4-5-12(11)15/h2-7,18H,1H3,(H,16,19). The number of anilines is 1. The number of aromatic hydroxyl groups is 1. The van der Waals surface area contributed by atoms with Crippen molar-refractivity contribution in [2.75, 3.05) is 5.32 Å². The lowest BCUT2D eigenvalue weighted by atomic mass is 10.1. The summed E-state index contributed by atoms with van der Waals surface area (Å²) in [5.41, 5.74) is 0.800. The number of non-ortho nitro benzene ring substituents is 1. The maximum atomic E-state index is 12.1. The Morgan fingerprint density at radius 1 is 1.29 bits per heavy atom. The predicted molar refractivity (Wildman–Crippen MR) is 78.9 cm³/mol. The Balaban J connectivity index is 2.29. The molecule has 0 bridgehead atoms. The molecule has 1 amide bonds. The van der Waals surface area contributed by atoms with E-state index in [0.717, 1.165) is 6.07 Å². The van der Waals surface area contributed by atoms with Gasteiger partial charge in [0.2, 0.25) is 0 Å². The Bertz CT molecular complexity index is 731. The summed E-state index contributed by atoms with van der Waals surface area (Å²) in [6, 6.07) is 8.25. The van der Waals surface area contributed by atoms with Gasteiger partial charge in [-0.05, 0) is 24.6 Å². The first-order valence-corrected chi connectivity index (χ1v) is 6.31. The summed E-state index contributed by atoms with van der Waals surface area (Å²) < 4.78 is 0. The third-order valence-corrected chi connectivity index (χ3v) is 3.20. The minimum Gasteiger partial charge on any atom is -0.508 e. The van der Waals surface area contributed by atoms with Crippen LogP contribution in [0, 0.1) is 17.0 Å². The maximum absolute atomic E-state index is 12.1. The quantitative estimate of drug-likeness (QED) is 0.670. The van der Waals surface area contributed by atoms with Gasteiger partial charge in [0.25, 0.3) is 11.6 Å². The van der Waals surface area contributed by atoms with E-state index in [0.29, 0.717) is 11.3 Å². The molecule has 0 heterocycles. The lowest BCUT2D eigenvalue weighted by Gasteiger charge is -2.08. The Labute approximate surface area is 125 Å². The monoisotopic (exact) mass is 306 g/mol. The van der Waals surface area contributed by atoms with E-state index in [1.165, 1.54) is 18.2 Å². The predicted octanol–water partition coefficient (Wildman–Crippen LogP) is 3.51. The number of aryl methyl sites for hydroxylation is 1. The van der Waals surface area contributed by atoms with Crippen molar-refractivity contribution in [1.29, 1.82) is 0 Å². The molecule has 7 heteroatoms. The molecule has 0 radical (unpaired) electrons. The van der Waals surface area contributed by atoms with Crippen molar-refractivity contribution in [3.05, 3.63) is 62.7 Å². The third kappa shape index (κ3) is 3.29. The molecule has 108 valence electrons. The van der Waals surface area contributed by atoms with Gasteiger partial charge in [0.1, 0.15) is 5.75 Å². The van der Waals surface area contributed by atoms with Crippen LogP contribution in [-0.4, -0.2) is 15.9 Å². The van der Waals surface area contributed by atoms with Crippen molar-refractivity contribution in [3.8, 4) is 5.75 Å². The van der Waals surface area contributed by atoms with Gasteiger partial charge in [-0.25, -0.2) is 0 Å². The number of phenolic OH excluding ortho intramolecular Hbond substituents is 1. The highest BCUT2D eigenvalue weighted by Crippen LogP contribution is 2.25. The van der Waals surface area contributed by atoms with Gasteiger partial charge in [-0.1, -0.05) is 17.7 Å². The number of nitro benzene ring substituents is 1. The molecule has 0 aliphatic carbocycles. The van der Waals surface area contributed by atoms with Crippen LogP contribution in [0.4, 0.5) is 11.4 Å². The highest BCUT2D eigenvalue weighted by Gasteiger charge is 2.16. The summed E-state index contributed by atoms with van der Waals surface area (Å²) in [6.07, 6.45) is 0. The molecule has 2 rings (SSSR count). The number of rotatable bonds is 3. The van der Waals surface area contributed by atoms with Crippen LogP contribution in [0.1, 0.15) is 15.9 Å². The van der Waals surface area contributed by atoms with Crippen LogP contribution in [0.5, 0.6) is 5.75 Å². The summed E-state index contributed by atoms with van der Waals surface area (Å²) in [5.74, 6) is -0.551. The Hall–Kier alpha value is -2.60. The molecule has 0 aliphatic heterocycles. The topological polar surface area (TPSA) is 92.5 Å². The van der Waals surface area contributed by atoms with Crippen LogP contribution in [0.3, 0.4) is 0 Å². The van der Waals surface area contributed by atoms with Gasteiger partial charge in [-0.3, -0.25) is 14.9 Å². The van der Waals surface area contributed by atoms with Crippen LogP contribution < -0.4 is 5.32 Å². The van der Waals surface area contributed by atoms with E-state index in [2.05, 4.69) is 5.32 Å². The highest BCUT2D eigenvalue weighted by atomic mass is 35.5. The van der Waals surface area contributed by atoms with E-state index in [4.69, 9.17) is 11.6 Å². The van der Waals surface area contributed by atoms with Gasteiger partial charge in [0, 0.05) is 23.9 Å². The van der Waals surface area contributed by atoms with E-state index in [1.807, 2.05) is 0 Å². The van der Waals surface area contributed by atoms with Crippen LogP contribution in [0.15, 0.2) is 36.4 Å². The van der Waals surface area contributed by atoms with Crippen molar-refractivity contribution >= 4 is 28.9 Å². The van der Waals surface area contributed by atoms with E-state index >= 15 is 0 Å². The number of nitrogens with zero attached hydrogens (tertiary/aromatic N) is 1. The van der Waals surface area contributed by atoms with E-state index in [-0.39, 0.29) is 22.0 Å². The second-order valence-electron chi connectivity index (χ2n) is 4.38. The molecule has 0 saturated heterocycles. The van der Waals surface area contributed by atoms with E-state index in [1.54, 1.807) is 19.1 Å². The third-order valence-electron chi connectivity index (χ3n) is 2.87. The first-order chi connectivity index (χ1) is 9.88. The SMILES string of the molecule is Cc1ccc(NC(=O)c2cc([N+](=O)[O-])ccc2Cl)cc1O. The Morgan fingerprint density at radius 2 is 2.00 bits per heavy atom. The zero-order valence-corrected chi connectivity index (χ0v) is 11.7. The summed E-state index contributed by atoms with van der Waals surface area (Å²) in [5, 5.41) is 22.9. The van der Waals surface area contributed by atoms with Crippen molar-refractivity contribution in [1.82, 2.24) is 0 Å². The number of nitro groups is 1. The molecule has 6 nitrogen and oxygen atoms in total. The van der Waals surface area contributed by atoms with Gasteiger partial charge >= 0.3 is 0 Å². The van der Waals surface area contributed by atoms with Crippen molar-refractivity contribution < 1.29 is 14.8 Å². The zero-order valence-electron chi connectivity index (χ0n) is 11.0. The molecule has 2 aromatic rings. The molecule has 0 aromatic heterocycles. The molecular weight excluding hydrogens is 296 g/mol. The average molecular weight is 307 g/mol. The van der Waals surface area contributed by atoms with Crippen LogP contribution in [0.25, 0.3) is 0 Å². The molecule has 0 saturated carbocycles. The highest BCUT2D eigenvalue weighted by molar-refractivity contribution is 6.34. The summed E-state index contributed by atoms with van der Waals surface area (Å²) in [6.45, 7) is 1.72. The van der Waals surface area contributed by atoms with Crippen LogP contribution >= 0.6 is 11.6 Å². The van der Waals surface area contributed by atoms with Crippen molar-refractivity contribution in [2.45, 2.75) is 6.92 Å². The number of nitrogens with one attached hydrogen (secondary N) is 1. The van der Waals surface area contributed by atoms with Crippen molar-refractivity contribution in [3.63, 3.8) is 0 Å². The average Bonchev–Trinajstić information content (AvgIpc) is 2.43. The molecule has 2 N–H and O–H groups in total. The molecule has 0 aliphatic rings. The second-order valence-corrected chi connectivity index (χ2v) is 4.78. The second kappa shape index (κ2) is 5.80. The smallest absolute Gasteiger partial charge is 0.270 e. The van der Waals surface area contributed by atoms with E-state index in [9.17, 15) is 20.0 Å². The number of hydrogen-bond donors (Lipinski definition) is 2. The van der Waals surface area contributed by atoms with Gasteiger partial charge in [-0.2, -0.15) is 0 Å². The molecule has 2 aromatic carbocycles. The number of carbonyl (C=O) groups excluding carboxylic acids is 1. The van der Waals surface area contributed by atoms with Gasteiger partial charge in [0.05, 0.1) is 15.5 Å². The lowest BCUT2D eigenvalue weighted by Crippen LogP contribution is -2.12. The number of amides is 1. The fraction of sp³-hybridized carbons (Fsp3) is 0.0714. The normalized spacial score (nSPS) is 10.2. The van der Waals surface area contributed by atoms with E-state index < -0.39 is 10.8 Å². The first-order valence-electron chi connectivity index (χ1n) is 5.93. The number of hydrogen-bond acceptors (Lipinski definition) is 4. The Morgan fingerprint density at radius 3 is 2.62 bits per heavy atom. The fourth-order valence-corrected chi connectivity index (χ4v) is 1.89. The lowest BCUT2D eigenvalue weighted by molar-refractivity contribution is -0.384. The summed E-state index contributed by atoms with van der Waals surface area (Å²) >= 11 is 5.89. The summed E-state index contributed by atoms with van der Waals surface area (Å²) in [4.78, 5) is 22.2. The molecule has 0 atom stereocenters. The van der Waals surface area contributed by atoms with Crippen LogP contribution in [0.2, 0.25) is 5.02 Å². The van der Waals surface area contributed by atoms with Crippen LogP contribution in [-0.2, 0) is 0 Å². The maximum Gasteiger partial charge on any atom is 0.270 e. The number of halogens is 1. The fourth-order valence-electron chi connectivity index (χ4n) is 1.69. The summed E-state index contributed by atoms with van der Waals surface area (Å²) in [7, 11) is 0. The van der Waals surface area contributed by atoms with Gasteiger partial charge in [-0.15, -0.1) is 0 Å². The largest absolute Gasteiger partial charge is 0.508 e. The van der Waals surface area contributed by atoms with Gasteiger partial charge in [0.15, 0.2) is 0 Å². The minimum absolute atomic E-state index is 0.00840. The first kappa shape index (κ1) is 14.8. The molecule has 0 unspecified atom stereocenters. The molecule has 0 fully saturated rings. The zero-order chi connectivity index (χ0) is 15.6. The molecule has 21 heavy (non-hydrogen) atoms. The minimum atomic E-state index is -0.606. The molecular formula is C14H11ClN2O4. The number of carbonyl (C=O) groups is 1. The van der Waals surface area contributed by atoms with Gasteiger partial charge < -0.3 is 10.4 Å². The Kier molecular flexibility index (Phi) is 4.09.